The summed E-state index contributed by atoms with van der Waals surface area (Å²) in [5.74, 6) is 0.632. The lowest BCUT2D eigenvalue weighted by Crippen LogP contribution is -2.43. The molecule has 0 radical (unpaired) electrons. The van der Waals surface area contributed by atoms with Crippen LogP contribution >= 0.6 is 11.8 Å². The van der Waals surface area contributed by atoms with Crippen molar-refractivity contribution in [3.63, 3.8) is 0 Å². The number of halogens is 3. The lowest BCUT2D eigenvalue weighted by molar-refractivity contribution is -0.141. The van der Waals surface area contributed by atoms with Crippen molar-refractivity contribution in [1.82, 2.24) is 14.9 Å². The monoisotopic (exact) mass is 412 g/mol. The molecule has 5 nitrogen and oxygen atoms in total. The van der Waals surface area contributed by atoms with Gasteiger partial charge in [0.15, 0.2) is 0 Å². The Bertz CT molecular complexity index is 739. The Labute approximate surface area is 166 Å². The van der Waals surface area contributed by atoms with Gasteiger partial charge in [0.05, 0.1) is 6.10 Å². The number of piperidine rings is 1. The molecule has 1 aliphatic heterocycles. The van der Waals surface area contributed by atoms with Gasteiger partial charge in [-0.15, -0.1) is 11.8 Å². The molecule has 2 N–H and O–H groups in total. The Hall–Kier alpha value is -1.84. The van der Waals surface area contributed by atoms with Crippen LogP contribution in [0.3, 0.4) is 0 Å². The number of hydrogen-bond acceptors (Lipinski definition) is 6. The van der Waals surface area contributed by atoms with Gasteiger partial charge in [0.2, 0.25) is 5.95 Å². The summed E-state index contributed by atoms with van der Waals surface area (Å²) in [7, 11) is 0. The summed E-state index contributed by atoms with van der Waals surface area (Å²) >= 11 is 1.63. The molecule has 0 amide bonds. The summed E-state index contributed by atoms with van der Waals surface area (Å²) < 4.78 is 38.2. The van der Waals surface area contributed by atoms with E-state index >= 15 is 0 Å². The molecule has 1 saturated heterocycles. The highest BCUT2D eigenvalue weighted by molar-refractivity contribution is 7.99. The van der Waals surface area contributed by atoms with Crippen LogP contribution in [0.1, 0.15) is 18.5 Å². The minimum absolute atomic E-state index is 0.00701. The van der Waals surface area contributed by atoms with E-state index in [1.165, 1.54) is 0 Å². The number of nitrogens with zero attached hydrogens (tertiary/aromatic N) is 3. The number of aromatic nitrogens is 2. The van der Waals surface area contributed by atoms with E-state index in [-0.39, 0.29) is 12.0 Å². The molecule has 1 atom stereocenters. The largest absolute Gasteiger partial charge is 0.433 e. The van der Waals surface area contributed by atoms with Gasteiger partial charge in [-0.2, -0.15) is 13.2 Å². The van der Waals surface area contributed by atoms with Gasteiger partial charge in [0.1, 0.15) is 5.69 Å². The van der Waals surface area contributed by atoms with Crippen LogP contribution in [-0.4, -0.2) is 57.5 Å². The van der Waals surface area contributed by atoms with E-state index in [9.17, 15) is 18.3 Å². The molecule has 0 bridgehead atoms. The van der Waals surface area contributed by atoms with Crippen molar-refractivity contribution in [2.75, 3.05) is 30.7 Å². The fourth-order valence-electron chi connectivity index (χ4n) is 3.09. The van der Waals surface area contributed by atoms with Gasteiger partial charge in [-0.3, -0.25) is 0 Å². The van der Waals surface area contributed by atoms with Crippen LogP contribution in [0.5, 0.6) is 0 Å². The van der Waals surface area contributed by atoms with Crippen LogP contribution < -0.4 is 5.32 Å². The van der Waals surface area contributed by atoms with Crippen LogP contribution in [0.15, 0.2) is 47.5 Å². The number of alkyl halides is 3. The molecule has 9 heteroatoms. The summed E-state index contributed by atoms with van der Waals surface area (Å²) in [6.45, 7) is 2.12. The van der Waals surface area contributed by atoms with E-state index in [1.807, 2.05) is 30.3 Å². The topological polar surface area (TPSA) is 61.3 Å². The van der Waals surface area contributed by atoms with E-state index in [0.29, 0.717) is 12.3 Å². The average Bonchev–Trinajstić information content (AvgIpc) is 2.68. The molecule has 1 aromatic heterocycles. The zero-order valence-corrected chi connectivity index (χ0v) is 16.1. The lowest BCUT2D eigenvalue weighted by atomic mass is 10.0. The third-order valence-electron chi connectivity index (χ3n) is 4.52. The molecule has 28 heavy (non-hydrogen) atoms. The van der Waals surface area contributed by atoms with E-state index in [4.69, 9.17) is 0 Å². The van der Waals surface area contributed by atoms with Crippen molar-refractivity contribution >= 4 is 17.7 Å². The van der Waals surface area contributed by atoms with Gasteiger partial charge >= 0.3 is 6.18 Å². The zero-order valence-electron chi connectivity index (χ0n) is 15.3. The molecule has 1 aromatic carbocycles. The first-order chi connectivity index (χ1) is 13.4. The molecule has 1 aliphatic rings. The number of benzene rings is 1. The quantitative estimate of drug-likeness (QED) is 0.679. The van der Waals surface area contributed by atoms with Crippen molar-refractivity contribution in [2.24, 2.45) is 0 Å². The Kier molecular flexibility index (Phi) is 7.14. The maximum Gasteiger partial charge on any atom is 0.433 e. The first-order valence-corrected chi connectivity index (χ1v) is 10.1. The van der Waals surface area contributed by atoms with Crippen molar-refractivity contribution in [1.29, 1.82) is 0 Å². The normalized spacial score (nSPS) is 17.4. The van der Waals surface area contributed by atoms with Crippen LogP contribution in [-0.2, 0) is 6.18 Å². The highest BCUT2D eigenvalue weighted by atomic mass is 32.2. The standard InChI is InChI=1S/C19H23F3N4OS/c20-19(21,22)17-6-9-23-18(25-17)24-14-7-10-26(11-8-14)12-15(27)13-28-16-4-2-1-3-5-16/h1-6,9,14-15,27H,7-8,10-13H2,(H,23,24,25). The SMILES string of the molecule is OC(CSc1ccccc1)CN1CCC(Nc2nccc(C(F)(F)F)n2)CC1. The minimum atomic E-state index is -4.48. The van der Waals surface area contributed by atoms with Crippen LogP contribution in [0.4, 0.5) is 19.1 Å². The number of aliphatic hydroxyl groups excluding tert-OH is 1. The summed E-state index contributed by atoms with van der Waals surface area (Å²) in [5, 5.41) is 13.3. The number of hydrogen-bond donors (Lipinski definition) is 2. The average molecular weight is 412 g/mol. The highest BCUT2D eigenvalue weighted by Crippen LogP contribution is 2.28. The second-order valence-corrected chi connectivity index (χ2v) is 7.85. The molecular weight excluding hydrogens is 389 g/mol. The summed E-state index contributed by atoms with van der Waals surface area (Å²) in [6, 6.07) is 10.8. The fraction of sp³-hybridized carbons (Fsp3) is 0.474. The van der Waals surface area contributed by atoms with Gasteiger partial charge in [-0.1, -0.05) is 18.2 Å². The second kappa shape index (κ2) is 9.58. The Morgan fingerprint density at radius 3 is 2.57 bits per heavy atom. The smallest absolute Gasteiger partial charge is 0.391 e. The summed E-state index contributed by atoms with van der Waals surface area (Å²) in [5.41, 5.74) is -0.943. The van der Waals surface area contributed by atoms with Gasteiger partial charge < -0.3 is 15.3 Å². The highest BCUT2D eigenvalue weighted by Gasteiger charge is 2.33. The summed E-state index contributed by atoms with van der Waals surface area (Å²) in [6.07, 6.45) is -2.26. The van der Waals surface area contributed by atoms with Gasteiger partial charge in [0.25, 0.3) is 0 Å². The lowest BCUT2D eigenvalue weighted by Gasteiger charge is -2.33. The number of rotatable bonds is 7. The molecular formula is C19H23F3N4OS. The molecule has 0 aliphatic carbocycles. The fourth-order valence-corrected chi connectivity index (χ4v) is 3.93. The van der Waals surface area contributed by atoms with Crippen molar-refractivity contribution in [3.05, 3.63) is 48.3 Å². The van der Waals surface area contributed by atoms with Gasteiger partial charge in [-0.05, 0) is 31.0 Å². The van der Waals surface area contributed by atoms with Crippen molar-refractivity contribution in [2.45, 2.75) is 36.1 Å². The predicted octanol–water partition coefficient (Wildman–Crippen LogP) is 3.52. The Balaban J connectivity index is 1.41. The molecule has 2 heterocycles. The second-order valence-electron chi connectivity index (χ2n) is 6.76. The van der Waals surface area contributed by atoms with E-state index in [1.54, 1.807) is 11.8 Å². The third kappa shape index (κ3) is 6.35. The number of β-amino-alcohol motifs (C(OH)–C–C–N with tert-alkyl or cyclic N) is 1. The summed E-state index contributed by atoms with van der Waals surface area (Å²) in [4.78, 5) is 10.8. The number of nitrogens with one attached hydrogen (secondary N) is 1. The number of anilines is 1. The minimum Gasteiger partial charge on any atom is -0.391 e. The van der Waals surface area contributed by atoms with Crippen LogP contribution in [0, 0.1) is 0 Å². The van der Waals surface area contributed by atoms with E-state index in [0.717, 1.165) is 43.1 Å². The number of likely N-dealkylation sites (tertiary alicyclic amines) is 1. The first kappa shape index (κ1) is 20.9. The number of aliphatic hydroxyl groups is 1. The maximum atomic E-state index is 12.7. The van der Waals surface area contributed by atoms with Crippen LogP contribution in [0.2, 0.25) is 0 Å². The van der Waals surface area contributed by atoms with E-state index in [2.05, 4.69) is 20.2 Å². The molecule has 152 valence electrons. The number of thioether (sulfide) groups is 1. The molecule has 0 saturated carbocycles. The predicted molar refractivity (Wildman–Crippen MR) is 103 cm³/mol. The molecule has 0 spiro atoms. The Morgan fingerprint density at radius 1 is 1.18 bits per heavy atom. The first-order valence-electron chi connectivity index (χ1n) is 9.15. The van der Waals surface area contributed by atoms with Gasteiger partial charge in [0, 0.05) is 42.5 Å². The van der Waals surface area contributed by atoms with Crippen LogP contribution in [0.25, 0.3) is 0 Å². The van der Waals surface area contributed by atoms with Crippen molar-refractivity contribution < 1.29 is 18.3 Å². The molecule has 3 rings (SSSR count). The van der Waals surface area contributed by atoms with Crippen molar-refractivity contribution in [3.8, 4) is 0 Å². The Morgan fingerprint density at radius 2 is 1.89 bits per heavy atom. The van der Waals surface area contributed by atoms with Gasteiger partial charge in [-0.25, -0.2) is 9.97 Å². The maximum absolute atomic E-state index is 12.7. The zero-order chi connectivity index (χ0) is 20.0. The third-order valence-corrected chi connectivity index (χ3v) is 5.68. The molecule has 1 fully saturated rings. The molecule has 2 aromatic rings. The van der Waals surface area contributed by atoms with E-state index < -0.39 is 18.0 Å². The molecule has 1 unspecified atom stereocenters.